The van der Waals surface area contributed by atoms with Crippen molar-refractivity contribution in [2.24, 2.45) is 5.92 Å². The van der Waals surface area contributed by atoms with Crippen LogP contribution in [0.25, 0.3) is 0 Å². The number of sulfonamides is 1. The van der Waals surface area contributed by atoms with E-state index < -0.39 is 10.0 Å². The summed E-state index contributed by atoms with van der Waals surface area (Å²) in [6.07, 6.45) is 0. The van der Waals surface area contributed by atoms with E-state index in [1.807, 2.05) is 27.8 Å². The van der Waals surface area contributed by atoms with Gasteiger partial charge in [-0.1, -0.05) is 6.92 Å². The number of nitrogens with one attached hydrogen (secondary N) is 2. The number of hydrogen-bond donors (Lipinski definition) is 2. The largest absolute Gasteiger partial charge is 0.319 e. The summed E-state index contributed by atoms with van der Waals surface area (Å²) in [5.41, 5.74) is 1.03. The molecule has 0 saturated carbocycles. The van der Waals surface area contributed by atoms with Crippen molar-refractivity contribution < 1.29 is 8.42 Å². The van der Waals surface area contributed by atoms with Gasteiger partial charge in [0.05, 0.1) is 0 Å². The first-order chi connectivity index (χ1) is 7.86. The standard InChI is InChI=1S/C11H20N2O2S2.ClH/c1-8(6-12-4)7-13-17(14,15)11-5-9(2)10(3)16-11;/h5,8,12-13H,6-7H2,1-4H3;1H. The second kappa shape index (κ2) is 7.45. The minimum absolute atomic E-state index is 0. The first-order valence-corrected chi connectivity index (χ1v) is 7.88. The van der Waals surface area contributed by atoms with Crippen molar-refractivity contribution in [3.63, 3.8) is 0 Å². The molecule has 18 heavy (non-hydrogen) atoms. The van der Waals surface area contributed by atoms with Gasteiger partial charge in [0.25, 0.3) is 0 Å². The van der Waals surface area contributed by atoms with Crippen LogP contribution in [0.1, 0.15) is 17.4 Å². The van der Waals surface area contributed by atoms with Crippen molar-refractivity contribution in [2.45, 2.75) is 25.0 Å². The Labute approximate surface area is 120 Å². The van der Waals surface area contributed by atoms with Gasteiger partial charge in [-0.15, -0.1) is 23.7 Å². The molecule has 0 aliphatic carbocycles. The van der Waals surface area contributed by atoms with E-state index in [1.165, 1.54) is 11.3 Å². The van der Waals surface area contributed by atoms with Gasteiger partial charge in [-0.25, -0.2) is 13.1 Å². The topological polar surface area (TPSA) is 58.2 Å². The molecule has 1 aromatic heterocycles. The molecule has 2 N–H and O–H groups in total. The maximum Gasteiger partial charge on any atom is 0.250 e. The van der Waals surface area contributed by atoms with Crippen molar-refractivity contribution in [3.05, 3.63) is 16.5 Å². The minimum atomic E-state index is -3.33. The maximum atomic E-state index is 12.0. The minimum Gasteiger partial charge on any atom is -0.319 e. The van der Waals surface area contributed by atoms with E-state index in [2.05, 4.69) is 10.0 Å². The predicted octanol–water partition coefficient (Wildman–Crippen LogP) is 1.92. The summed E-state index contributed by atoms with van der Waals surface area (Å²) in [4.78, 5) is 1.05. The van der Waals surface area contributed by atoms with Crippen molar-refractivity contribution in [1.29, 1.82) is 0 Å². The van der Waals surface area contributed by atoms with Crippen LogP contribution in [0.4, 0.5) is 0 Å². The van der Waals surface area contributed by atoms with Gasteiger partial charge >= 0.3 is 0 Å². The first kappa shape index (κ1) is 17.9. The lowest BCUT2D eigenvalue weighted by Gasteiger charge is -2.11. The number of rotatable bonds is 6. The van der Waals surface area contributed by atoms with Crippen LogP contribution in [-0.4, -0.2) is 28.6 Å². The van der Waals surface area contributed by atoms with E-state index in [-0.39, 0.29) is 18.3 Å². The van der Waals surface area contributed by atoms with E-state index in [0.717, 1.165) is 17.0 Å². The van der Waals surface area contributed by atoms with Gasteiger partial charge in [0.1, 0.15) is 4.21 Å². The highest BCUT2D eigenvalue weighted by Crippen LogP contribution is 2.24. The smallest absolute Gasteiger partial charge is 0.250 e. The molecule has 7 heteroatoms. The lowest BCUT2D eigenvalue weighted by Crippen LogP contribution is -2.31. The summed E-state index contributed by atoms with van der Waals surface area (Å²) >= 11 is 1.32. The number of hydrogen-bond acceptors (Lipinski definition) is 4. The van der Waals surface area contributed by atoms with Gasteiger partial charge in [0, 0.05) is 11.4 Å². The fourth-order valence-corrected chi connectivity index (χ4v) is 4.14. The van der Waals surface area contributed by atoms with Crippen LogP contribution in [-0.2, 0) is 10.0 Å². The summed E-state index contributed by atoms with van der Waals surface area (Å²) in [7, 11) is -1.48. The zero-order valence-corrected chi connectivity index (χ0v) is 13.6. The van der Waals surface area contributed by atoms with Crippen LogP contribution < -0.4 is 10.0 Å². The lowest BCUT2D eigenvalue weighted by molar-refractivity contribution is 0.519. The first-order valence-electron chi connectivity index (χ1n) is 5.58. The third-order valence-corrected chi connectivity index (χ3v) is 5.63. The molecule has 0 aliphatic heterocycles. The molecular formula is C11H21ClN2O2S2. The summed E-state index contributed by atoms with van der Waals surface area (Å²) in [5.74, 6) is 0.275. The Balaban J connectivity index is 0.00000289. The van der Waals surface area contributed by atoms with Crippen LogP contribution in [0.15, 0.2) is 10.3 Å². The predicted molar refractivity (Wildman–Crippen MR) is 79.3 cm³/mol. The van der Waals surface area contributed by atoms with Crippen molar-refractivity contribution in [3.8, 4) is 0 Å². The molecule has 0 aromatic carbocycles. The van der Waals surface area contributed by atoms with E-state index >= 15 is 0 Å². The second-order valence-electron chi connectivity index (χ2n) is 4.32. The van der Waals surface area contributed by atoms with Crippen LogP contribution >= 0.6 is 23.7 Å². The fourth-order valence-electron chi connectivity index (χ4n) is 1.42. The Morgan fingerprint density at radius 2 is 1.94 bits per heavy atom. The molecule has 1 heterocycles. The molecule has 1 rings (SSSR count). The average molecular weight is 313 g/mol. The fraction of sp³-hybridized carbons (Fsp3) is 0.636. The highest BCUT2D eigenvalue weighted by atomic mass is 35.5. The molecule has 0 bridgehead atoms. The van der Waals surface area contributed by atoms with Gasteiger partial charge in [-0.3, -0.25) is 0 Å². The highest BCUT2D eigenvalue weighted by Gasteiger charge is 2.18. The van der Waals surface area contributed by atoms with E-state index in [0.29, 0.717) is 10.8 Å². The SMILES string of the molecule is CNCC(C)CNS(=O)(=O)c1cc(C)c(C)s1.Cl. The third-order valence-electron chi connectivity index (χ3n) is 2.58. The van der Waals surface area contributed by atoms with E-state index in [4.69, 9.17) is 0 Å². The van der Waals surface area contributed by atoms with Gasteiger partial charge in [-0.2, -0.15) is 0 Å². The molecule has 106 valence electrons. The summed E-state index contributed by atoms with van der Waals surface area (Å²) in [6, 6.07) is 1.73. The van der Waals surface area contributed by atoms with Crippen molar-refractivity contribution in [2.75, 3.05) is 20.1 Å². The molecule has 0 spiro atoms. The normalized spacial score (nSPS) is 13.1. The molecule has 0 amide bonds. The molecule has 1 aromatic rings. The van der Waals surface area contributed by atoms with Crippen LogP contribution in [0, 0.1) is 19.8 Å². The van der Waals surface area contributed by atoms with E-state index in [9.17, 15) is 8.42 Å². The lowest BCUT2D eigenvalue weighted by atomic mass is 10.2. The summed E-state index contributed by atoms with van der Waals surface area (Å²) in [6.45, 7) is 7.12. The maximum absolute atomic E-state index is 12.0. The monoisotopic (exact) mass is 312 g/mol. The quantitative estimate of drug-likeness (QED) is 0.844. The zero-order chi connectivity index (χ0) is 13.1. The molecule has 0 radical (unpaired) electrons. The Bertz CT molecular complexity index is 452. The highest BCUT2D eigenvalue weighted by molar-refractivity contribution is 7.91. The second-order valence-corrected chi connectivity index (χ2v) is 7.57. The number of aryl methyl sites for hydroxylation is 2. The summed E-state index contributed by atoms with van der Waals surface area (Å²) in [5, 5.41) is 3.02. The van der Waals surface area contributed by atoms with Gasteiger partial charge in [0.2, 0.25) is 10.0 Å². The molecular weight excluding hydrogens is 292 g/mol. The molecule has 1 unspecified atom stereocenters. The van der Waals surface area contributed by atoms with Crippen molar-refractivity contribution >= 4 is 33.8 Å². The Morgan fingerprint density at radius 3 is 2.39 bits per heavy atom. The van der Waals surface area contributed by atoms with Crippen LogP contribution in [0.5, 0.6) is 0 Å². The average Bonchev–Trinajstić information content (AvgIpc) is 2.58. The summed E-state index contributed by atoms with van der Waals surface area (Å²) < 4.78 is 27.0. The van der Waals surface area contributed by atoms with Crippen molar-refractivity contribution in [1.82, 2.24) is 10.0 Å². The van der Waals surface area contributed by atoms with Gasteiger partial charge in [0.15, 0.2) is 0 Å². The van der Waals surface area contributed by atoms with E-state index in [1.54, 1.807) is 6.07 Å². The zero-order valence-electron chi connectivity index (χ0n) is 11.1. The molecule has 0 aliphatic rings. The molecule has 0 saturated heterocycles. The van der Waals surface area contributed by atoms with Gasteiger partial charge < -0.3 is 5.32 Å². The Kier molecular flexibility index (Phi) is 7.39. The molecule has 4 nitrogen and oxygen atoms in total. The third kappa shape index (κ3) is 4.85. The van der Waals surface area contributed by atoms with Gasteiger partial charge in [-0.05, 0) is 45.0 Å². The number of halogens is 1. The molecule has 1 atom stereocenters. The Hall–Kier alpha value is -0.140. The Morgan fingerprint density at radius 1 is 1.33 bits per heavy atom. The molecule has 0 fully saturated rings. The number of thiophene rings is 1. The van der Waals surface area contributed by atoms with Crippen LogP contribution in [0.2, 0.25) is 0 Å². The van der Waals surface area contributed by atoms with Crippen LogP contribution in [0.3, 0.4) is 0 Å².